The van der Waals surface area contributed by atoms with Crippen molar-refractivity contribution in [2.24, 2.45) is 5.92 Å². The minimum Gasteiger partial charge on any atom is -0.412 e. The van der Waals surface area contributed by atoms with Crippen LogP contribution in [0.2, 0.25) is 0 Å². The molecule has 0 heterocycles. The predicted octanol–water partition coefficient (Wildman–Crippen LogP) is 1.37. The van der Waals surface area contributed by atoms with Gasteiger partial charge in [0.2, 0.25) is 0 Å². The zero-order valence-corrected chi connectivity index (χ0v) is 7.06. The fourth-order valence-electron chi connectivity index (χ4n) is 0.917. The summed E-state index contributed by atoms with van der Waals surface area (Å²) in [6.45, 7) is 4.69. The molecule has 0 aromatic heterocycles. The quantitative estimate of drug-likeness (QED) is 0.629. The van der Waals surface area contributed by atoms with Crippen LogP contribution in [0.25, 0.3) is 0 Å². The molecular weight excluding hydrogens is 128 g/mol. The van der Waals surface area contributed by atoms with Crippen molar-refractivity contribution >= 4 is 0 Å². The van der Waals surface area contributed by atoms with E-state index < -0.39 is 0 Å². The lowest BCUT2D eigenvalue weighted by Crippen LogP contribution is -2.03. The summed E-state index contributed by atoms with van der Waals surface area (Å²) in [7, 11) is 0. The van der Waals surface area contributed by atoms with Crippen LogP contribution in [0.1, 0.15) is 39.5 Å². The highest BCUT2D eigenvalue weighted by Gasteiger charge is 2.01. The van der Waals surface area contributed by atoms with Crippen LogP contribution in [-0.2, 0) is 0 Å². The van der Waals surface area contributed by atoms with E-state index in [0.717, 1.165) is 6.42 Å². The molecule has 0 saturated carbocycles. The Hall–Kier alpha value is -0.0800. The second-order valence-electron chi connectivity index (χ2n) is 2.60. The first-order valence-corrected chi connectivity index (χ1v) is 3.96. The third kappa shape index (κ3) is 6.05. The molecule has 0 radical (unpaired) electrons. The molecule has 0 spiro atoms. The van der Waals surface area contributed by atoms with E-state index in [1.54, 1.807) is 0 Å². The normalized spacial score (nSPS) is 12.3. The minimum absolute atomic E-state index is 0. The van der Waals surface area contributed by atoms with Crippen molar-refractivity contribution in [2.45, 2.75) is 39.5 Å². The molecule has 1 unspecified atom stereocenters. The molecular formula is C8H20O2. The first-order valence-electron chi connectivity index (χ1n) is 3.96. The van der Waals surface area contributed by atoms with E-state index in [4.69, 9.17) is 5.11 Å². The van der Waals surface area contributed by atoms with Gasteiger partial charge in [-0.3, -0.25) is 0 Å². The fourth-order valence-corrected chi connectivity index (χ4v) is 0.917. The molecule has 0 rings (SSSR count). The Morgan fingerprint density at radius 1 is 1.30 bits per heavy atom. The summed E-state index contributed by atoms with van der Waals surface area (Å²) in [4.78, 5) is 0. The van der Waals surface area contributed by atoms with Gasteiger partial charge < -0.3 is 10.6 Å². The Kier molecular flexibility index (Phi) is 11.2. The Balaban J connectivity index is 0. The molecule has 0 aliphatic carbocycles. The molecule has 0 aromatic rings. The monoisotopic (exact) mass is 148 g/mol. The molecule has 64 valence electrons. The highest BCUT2D eigenvalue weighted by molar-refractivity contribution is 4.53. The van der Waals surface area contributed by atoms with Crippen molar-refractivity contribution in [3.8, 4) is 0 Å². The third-order valence-electron chi connectivity index (χ3n) is 1.80. The highest BCUT2D eigenvalue weighted by Crippen LogP contribution is 2.10. The number of aliphatic hydroxyl groups excluding tert-OH is 1. The van der Waals surface area contributed by atoms with Crippen molar-refractivity contribution in [1.29, 1.82) is 0 Å². The molecule has 0 aromatic carbocycles. The van der Waals surface area contributed by atoms with Gasteiger partial charge in [0.15, 0.2) is 0 Å². The first kappa shape index (κ1) is 12.6. The standard InChI is InChI=1S/C8H18O.H2O/c1-3-5-6-8(4-2)7-9;/h8-9H,3-7H2,1-2H3;1H2. The molecule has 2 nitrogen and oxygen atoms in total. The van der Waals surface area contributed by atoms with Crippen LogP contribution < -0.4 is 0 Å². The van der Waals surface area contributed by atoms with Gasteiger partial charge in [-0.2, -0.15) is 0 Å². The molecule has 1 atom stereocenters. The summed E-state index contributed by atoms with van der Waals surface area (Å²) in [6.07, 6.45) is 4.83. The average molecular weight is 148 g/mol. The molecule has 0 aliphatic heterocycles. The van der Waals surface area contributed by atoms with Gasteiger partial charge in [-0.15, -0.1) is 0 Å². The number of rotatable bonds is 5. The van der Waals surface area contributed by atoms with Gasteiger partial charge in [0, 0.05) is 6.61 Å². The summed E-state index contributed by atoms with van der Waals surface area (Å²) in [5.41, 5.74) is 0. The first-order chi connectivity index (χ1) is 4.35. The molecule has 0 saturated heterocycles. The molecule has 2 heteroatoms. The van der Waals surface area contributed by atoms with E-state index in [0.29, 0.717) is 12.5 Å². The largest absolute Gasteiger partial charge is 0.412 e. The van der Waals surface area contributed by atoms with Gasteiger partial charge in [0.25, 0.3) is 0 Å². The minimum atomic E-state index is 0. The smallest absolute Gasteiger partial charge is 0.0459 e. The Morgan fingerprint density at radius 3 is 2.20 bits per heavy atom. The molecule has 10 heavy (non-hydrogen) atoms. The van der Waals surface area contributed by atoms with E-state index in [-0.39, 0.29) is 5.48 Å². The summed E-state index contributed by atoms with van der Waals surface area (Å²) < 4.78 is 0. The third-order valence-corrected chi connectivity index (χ3v) is 1.80. The van der Waals surface area contributed by atoms with E-state index in [2.05, 4.69) is 13.8 Å². The van der Waals surface area contributed by atoms with E-state index >= 15 is 0 Å². The van der Waals surface area contributed by atoms with Gasteiger partial charge in [0.05, 0.1) is 0 Å². The number of hydrogen-bond donors (Lipinski definition) is 1. The van der Waals surface area contributed by atoms with Gasteiger partial charge in [0.1, 0.15) is 0 Å². The number of aliphatic hydroxyl groups is 1. The maximum absolute atomic E-state index is 8.75. The summed E-state index contributed by atoms with van der Waals surface area (Å²) in [5, 5.41) is 8.75. The van der Waals surface area contributed by atoms with Crippen LogP contribution in [-0.4, -0.2) is 17.2 Å². The molecule has 3 N–H and O–H groups in total. The SMILES string of the molecule is CCCCC(CC)CO.O. The molecule has 0 bridgehead atoms. The Morgan fingerprint density at radius 2 is 1.90 bits per heavy atom. The zero-order valence-electron chi connectivity index (χ0n) is 7.06. The van der Waals surface area contributed by atoms with Crippen LogP contribution in [0.3, 0.4) is 0 Å². The van der Waals surface area contributed by atoms with Crippen molar-refractivity contribution in [2.75, 3.05) is 6.61 Å². The molecule has 0 fully saturated rings. The van der Waals surface area contributed by atoms with Crippen molar-refractivity contribution in [3.63, 3.8) is 0 Å². The molecule has 0 amide bonds. The Labute approximate surface area is 63.6 Å². The second-order valence-corrected chi connectivity index (χ2v) is 2.60. The summed E-state index contributed by atoms with van der Waals surface area (Å²) in [5.74, 6) is 0.560. The van der Waals surface area contributed by atoms with Crippen LogP contribution in [0.15, 0.2) is 0 Å². The maximum atomic E-state index is 8.75. The summed E-state index contributed by atoms with van der Waals surface area (Å²) in [6, 6.07) is 0. The number of unbranched alkanes of at least 4 members (excludes halogenated alkanes) is 1. The predicted molar refractivity (Wildman–Crippen MR) is 44.0 cm³/mol. The van der Waals surface area contributed by atoms with Gasteiger partial charge in [-0.1, -0.05) is 33.1 Å². The van der Waals surface area contributed by atoms with Gasteiger partial charge in [-0.05, 0) is 12.3 Å². The lowest BCUT2D eigenvalue weighted by Gasteiger charge is -2.08. The van der Waals surface area contributed by atoms with E-state index in [9.17, 15) is 0 Å². The van der Waals surface area contributed by atoms with E-state index in [1.165, 1.54) is 19.3 Å². The fraction of sp³-hybridized carbons (Fsp3) is 1.00. The lowest BCUT2D eigenvalue weighted by molar-refractivity contribution is 0.212. The lowest BCUT2D eigenvalue weighted by atomic mass is 10.0. The Bertz CT molecular complexity index is 51.2. The average Bonchev–Trinajstić information content (AvgIpc) is 1.91. The van der Waals surface area contributed by atoms with Gasteiger partial charge >= 0.3 is 0 Å². The molecule has 0 aliphatic rings. The summed E-state index contributed by atoms with van der Waals surface area (Å²) >= 11 is 0. The van der Waals surface area contributed by atoms with Crippen LogP contribution in [0, 0.1) is 5.92 Å². The van der Waals surface area contributed by atoms with Crippen molar-refractivity contribution in [1.82, 2.24) is 0 Å². The topological polar surface area (TPSA) is 51.7 Å². The van der Waals surface area contributed by atoms with Crippen LogP contribution >= 0.6 is 0 Å². The number of hydrogen-bond acceptors (Lipinski definition) is 1. The van der Waals surface area contributed by atoms with Crippen molar-refractivity contribution in [3.05, 3.63) is 0 Å². The van der Waals surface area contributed by atoms with E-state index in [1.807, 2.05) is 0 Å². The highest BCUT2D eigenvalue weighted by atomic mass is 16.3. The van der Waals surface area contributed by atoms with Crippen LogP contribution in [0.4, 0.5) is 0 Å². The maximum Gasteiger partial charge on any atom is 0.0459 e. The zero-order chi connectivity index (χ0) is 7.11. The van der Waals surface area contributed by atoms with Crippen molar-refractivity contribution < 1.29 is 10.6 Å². The van der Waals surface area contributed by atoms with Gasteiger partial charge in [-0.25, -0.2) is 0 Å². The second kappa shape index (κ2) is 8.92. The van der Waals surface area contributed by atoms with Crippen LogP contribution in [0.5, 0.6) is 0 Å².